The van der Waals surface area contributed by atoms with Crippen LogP contribution in [0.25, 0.3) is 0 Å². The van der Waals surface area contributed by atoms with Crippen molar-refractivity contribution in [2.75, 3.05) is 11.9 Å². The molecule has 0 fully saturated rings. The molecule has 1 atom stereocenters. The van der Waals surface area contributed by atoms with Gasteiger partial charge in [-0.2, -0.15) is 0 Å². The number of fused-ring (bicyclic) bond motifs is 1. The zero-order chi connectivity index (χ0) is 15.0. The van der Waals surface area contributed by atoms with E-state index >= 15 is 0 Å². The van der Waals surface area contributed by atoms with Crippen LogP contribution in [0.4, 0.5) is 9.93 Å². The van der Waals surface area contributed by atoms with E-state index in [1.54, 1.807) is 10.4 Å². The van der Waals surface area contributed by atoms with Crippen LogP contribution in [0.3, 0.4) is 0 Å². The lowest BCUT2D eigenvalue weighted by molar-refractivity contribution is 0.172. The maximum atomic E-state index is 12.3. The number of amides is 2. The summed E-state index contributed by atoms with van der Waals surface area (Å²) in [5, 5.41) is 19.3. The van der Waals surface area contributed by atoms with Crippen molar-refractivity contribution >= 4 is 22.5 Å². The van der Waals surface area contributed by atoms with Gasteiger partial charge in [-0.25, -0.2) is 4.79 Å². The average molecular weight is 307 g/mol. The van der Waals surface area contributed by atoms with Gasteiger partial charge in [0.25, 0.3) is 0 Å². The Balaban J connectivity index is 1.79. The molecule has 0 spiro atoms. The molecule has 0 radical (unpaired) electrons. The molecule has 0 aromatic carbocycles. The highest BCUT2D eigenvalue weighted by molar-refractivity contribution is 7.13. The van der Waals surface area contributed by atoms with Crippen molar-refractivity contribution in [1.82, 2.24) is 29.9 Å². The maximum Gasteiger partial charge on any atom is 0.324 e. The third-order valence-electron chi connectivity index (χ3n) is 3.56. The van der Waals surface area contributed by atoms with Crippen LogP contribution in [0.2, 0.25) is 0 Å². The molecule has 8 nitrogen and oxygen atoms in total. The van der Waals surface area contributed by atoms with Gasteiger partial charge in [-0.15, -0.1) is 20.4 Å². The molecule has 0 bridgehead atoms. The van der Waals surface area contributed by atoms with Gasteiger partial charge in [0.1, 0.15) is 11.3 Å². The SMILES string of the molecule is CC(C)c1nnc2n1CCN(C(=O)Nc1nncs1)C2C. The number of rotatable bonds is 2. The molecule has 1 aliphatic rings. The van der Waals surface area contributed by atoms with E-state index in [1.165, 1.54) is 11.3 Å². The summed E-state index contributed by atoms with van der Waals surface area (Å²) in [6, 6.07) is -0.300. The van der Waals surface area contributed by atoms with Gasteiger partial charge >= 0.3 is 6.03 Å². The summed E-state index contributed by atoms with van der Waals surface area (Å²) >= 11 is 1.30. The fourth-order valence-corrected chi connectivity index (χ4v) is 2.94. The topological polar surface area (TPSA) is 88.8 Å². The Morgan fingerprint density at radius 2 is 2.19 bits per heavy atom. The minimum absolute atomic E-state index is 0.119. The smallest absolute Gasteiger partial charge is 0.313 e. The van der Waals surface area contributed by atoms with Crippen LogP contribution < -0.4 is 5.32 Å². The molecule has 21 heavy (non-hydrogen) atoms. The van der Waals surface area contributed by atoms with Crippen molar-refractivity contribution in [1.29, 1.82) is 0 Å². The number of nitrogens with zero attached hydrogens (tertiary/aromatic N) is 6. The summed E-state index contributed by atoms with van der Waals surface area (Å²) in [6.45, 7) is 7.48. The lowest BCUT2D eigenvalue weighted by Crippen LogP contribution is -2.43. The lowest BCUT2D eigenvalue weighted by atomic mass is 10.1. The highest BCUT2D eigenvalue weighted by atomic mass is 32.1. The van der Waals surface area contributed by atoms with Gasteiger partial charge in [-0.05, 0) is 6.92 Å². The van der Waals surface area contributed by atoms with Crippen LogP contribution in [0.15, 0.2) is 5.51 Å². The van der Waals surface area contributed by atoms with Gasteiger partial charge in [0.05, 0.1) is 6.04 Å². The van der Waals surface area contributed by atoms with Crippen LogP contribution in [-0.2, 0) is 6.54 Å². The molecule has 3 rings (SSSR count). The third-order valence-corrected chi connectivity index (χ3v) is 4.17. The molecular formula is C12H17N7OS. The molecule has 1 aliphatic heterocycles. The highest BCUT2D eigenvalue weighted by Gasteiger charge is 2.32. The standard InChI is InChI=1S/C12H17N7OS/c1-7(2)9-15-16-10-8(3)18(4-5-19(9)10)12(20)14-11-17-13-6-21-11/h6-8H,4-5H2,1-3H3,(H,14,17,20). The van der Waals surface area contributed by atoms with Crippen molar-refractivity contribution in [3.8, 4) is 0 Å². The number of aromatic nitrogens is 5. The van der Waals surface area contributed by atoms with E-state index < -0.39 is 0 Å². The Hall–Kier alpha value is -2.03. The molecule has 112 valence electrons. The second kappa shape index (κ2) is 5.40. The summed E-state index contributed by atoms with van der Waals surface area (Å²) < 4.78 is 2.12. The van der Waals surface area contributed by atoms with Gasteiger partial charge < -0.3 is 9.47 Å². The first-order chi connectivity index (χ1) is 10.1. The molecule has 0 saturated heterocycles. The molecule has 2 aromatic heterocycles. The summed E-state index contributed by atoms with van der Waals surface area (Å²) in [4.78, 5) is 14.1. The van der Waals surface area contributed by atoms with Crippen molar-refractivity contribution in [3.05, 3.63) is 17.2 Å². The molecule has 1 unspecified atom stereocenters. The van der Waals surface area contributed by atoms with E-state index in [-0.39, 0.29) is 12.1 Å². The first-order valence-corrected chi connectivity index (χ1v) is 7.72. The molecule has 2 amide bonds. The number of hydrogen-bond donors (Lipinski definition) is 1. The van der Waals surface area contributed by atoms with Crippen LogP contribution in [0, 0.1) is 0 Å². The normalized spacial score (nSPS) is 17.9. The zero-order valence-corrected chi connectivity index (χ0v) is 13.0. The average Bonchev–Trinajstić information content (AvgIpc) is 3.07. The van der Waals surface area contributed by atoms with Gasteiger partial charge in [-0.3, -0.25) is 5.32 Å². The van der Waals surface area contributed by atoms with Crippen LogP contribution in [0.1, 0.15) is 44.4 Å². The van der Waals surface area contributed by atoms with E-state index in [2.05, 4.69) is 44.1 Å². The number of carbonyl (C=O) groups is 1. The predicted octanol–water partition coefficient (Wildman–Crippen LogP) is 1.86. The van der Waals surface area contributed by atoms with Crippen molar-refractivity contribution in [3.63, 3.8) is 0 Å². The molecule has 1 N–H and O–H groups in total. The molecule has 0 saturated carbocycles. The van der Waals surface area contributed by atoms with E-state index in [0.717, 1.165) is 11.6 Å². The van der Waals surface area contributed by atoms with Crippen LogP contribution >= 0.6 is 11.3 Å². The van der Waals surface area contributed by atoms with Gasteiger partial charge in [-0.1, -0.05) is 25.2 Å². The molecule has 0 aliphatic carbocycles. The van der Waals surface area contributed by atoms with Crippen molar-refractivity contribution in [2.45, 2.75) is 39.3 Å². The fraction of sp³-hybridized carbons (Fsp3) is 0.583. The first-order valence-electron chi connectivity index (χ1n) is 6.84. The highest BCUT2D eigenvalue weighted by Crippen LogP contribution is 2.27. The molecule has 9 heteroatoms. The van der Waals surface area contributed by atoms with Crippen molar-refractivity contribution < 1.29 is 4.79 Å². The molecule has 3 heterocycles. The van der Waals surface area contributed by atoms with Crippen LogP contribution in [-0.4, -0.2) is 42.4 Å². The van der Waals surface area contributed by atoms with Crippen molar-refractivity contribution in [2.24, 2.45) is 0 Å². The van der Waals surface area contributed by atoms with E-state index in [4.69, 9.17) is 0 Å². The Kier molecular flexibility index (Phi) is 3.58. The number of anilines is 1. The van der Waals surface area contributed by atoms with Crippen LogP contribution in [0.5, 0.6) is 0 Å². The number of carbonyl (C=O) groups excluding carboxylic acids is 1. The second-order valence-corrected chi connectivity index (χ2v) is 6.10. The number of urea groups is 1. The monoisotopic (exact) mass is 307 g/mol. The summed E-state index contributed by atoms with van der Waals surface area (Å²) in [5.41, 5.74) is 1.58. The minimum Gasteiger partial charge on any atom is -0.313 e. The number of nitrogens with one attached hydrogen (secondary N) is 1. The number of hydrogen-bond acceptors (Lipinski definition) is 6. The summed E-state index contributed by atoms with van der Waals surface area (Å²) in [5.74, 6) is 2.12. The second-order valence-electron chi connectivity index (χ2n) is 5.27. The Morgan fingerprint density at radius 3 is 2.86 bits per heavy atom. The van der Waals surface area contributed by atoms with E-state index in [1.807, 2.05) is 6.92 Å². The Bertz CT molecular complexity index is 636. The minimum atomic E-state index is -0.181. The lowest BCUT2D eigenvalue weighted by Gasteiger charge is -2.33. The van der Waals surface area contributed by atoms with E-state index in [0.29, 0.717) is 24.1 Å². The zero-order valence-electron chi connectivity index (χ0n) is 12.1. The fourth-order valence-electron chi connectivity index (χ4n) is 2.50. The first kappa shape index (κ1) is 13.9. The molecular weight excluding hydrogens is 290 g/mol. The maximum absolute atomic E-state index is 12.3. The van der Waals surface area contributed by atoms with Gasteiger partial charge in [0.15, 0.2) is 5.82 Å². The Morgan fingerprint density at radius 1 is 1.38 bits per heavy atom. The predicted molar refractivity (Wildman–Crippen MR) is 78.2 cm³/mol. The third kappa shape index (κ3) is 2.48. The largest absolute Gasteiger partial charge is 0.324 e. The van der Waals surface area contributed by atoms with E-state index in [9.17, 15) is 4.79 Å². The summed E-state index contributed by atoms with van der Waals surface area (Å²) in [7, 11) is 0. The quantitative estimate of drug-likeness (QED) is 0.914. The molecule has 2 aromatic rings. The van der Waals surface area contributed by atoms with Gasteiger partial charge in [0.2, 0.25) is 5.13 Å². The Labute approximate surface area is 126 Å². The van der Waals surface area contributed by atoms with Gasteiger partial charge in [0, 0.05) is 19.0 Å². The summed E-state index contributed by atoms with van der Waals surface area (Å²) in [6.07, 6.45) is 0.